The van der Waals surface area contributed by atoms with Crippen LogP contribution in [0.3, 0.4) is 0 Å². The summed E-state index contributed by atoms with van der Waals surface area (Å²) in [6, 6.07) is 16.2. The van der Waals surface area contributed by atoms with Crippen molar-refractivity contribution in [3.05, 3.63) is 59.7 Å². The van der Waals surface area contributed by atoms with Gasteiger partial charge in [-0.05, 0) is 47.4 Å². The molecule has 7 nitrogen and oxygen atoms in total. The summed E-state index contributed by atoms with van der Waals surface area (Å²) in [6.07, 6.45) is 0.492. The molecule has 3 N–H and O–H groups in total. The number of carbonyl (C=O) groups is 3. The van der Waals surface area contributed by atoms with Crippen LogP contribution in [-0.4, -0.2) is 41.8 Å². The van der Waals surface area contributed by atoms with E-state index >= 15 is 0 Å². The van der Waals surface area contributed by atoms with E-state index in [1.807, 2.05) is 64.1 Å². The zero-order valence-electron chi connectivity index (χ0n) is 21.0. The standard InChI is InChI=1S/C28H36N2O5/c1-5-28(6-2,26(33)29-16-19(25(31)32)15-18(3)4)30-27(34)35-17-24-22-13-9-7-11-20(22)21-12-8-10-14-23(21)24/h7-14,18-19,24H,5-6,15-17H2,1-4H3,(H,29,33)(H,30,34)(H,31,32). The zero-order chi connectivity index (χ0) is 25.6. The normalized spacial score (nSPS) is 13.6. The Hall–Kier alpha value is -3.35. The Kier molecular flexibility index (Phi) is 8.54. The first kappa shape index (κ1) is 26.3. The molecule has 0 saturated heterocycles. The monoisotopic (exact) mass is 480 g/mol. The third-order valence-corrected chi connectivity index (χ3v) is 6.94. The molecule has 2 aromatic carbocycles. The second kappa shape index (κ2) is 11.4. The fourth-order valence-corrected chi connectivity index (χ4v) is 4.86. The highest BCUT2D eigenvalue weighted by atomic mass is 16.5. The molecule has 3 rings (SSSR count). The maximum absolute atomic E-state index is 13.1. The number of aliphatic carboxylic acids is 1. The number of rotatable bonds is 11. The van der Waals surface area contributed by atoms with Crippen LogP contribution >= 0.6 is 0 Å². The molecule has 1 aliphatic carbocycles. The van der Waals surface area contributed by atoms with Crippen molar-refractivity contribution in [3.63, 3.8) is 0 Å². The summed E-state index contributed by atoms with van der Waals surface area (Å²) in [7, 11) is 0. The highest BCUT2D eigenvalue weighted by molar-refractivity contribution is 5.90. The largest absolute Gasteiger partial charge is 0.481 e. The van der Waals surface area contributed by atoms with Crippen molar-refractivity contribution < 1.29 is 24.2 Å². The molecule has 0 heterocycles. The Bertz CT molecular complexity index is 1020. The number of fused-ring (bicyclic) bond motifs is 3. The quantitative estimate of drug-likeness (QED) is 0.422. The summed E-state index contributed by atoms with van der Waals surface area (Å²) >= 11 is 0. The summed E-state index contributed by atoms with van der Waals surface area (Å²) in [6.45, 7) is 7.68. The molecule has 0 radical (unpaired) electrons. The molecule has 0 saturated carbocycles. The number of carbonyl (C=O) groups excluding carboxylic acids is 2. The number of alkyl carbamates (subject to hydrolysis) is 1. The van der Waals surface area contributed by atoms with Gasteiger partial charge in [0, 0.05) is 12.5 Å². The Morgan fingerprint density at radius 1 is 0.971 bits per heavy atom. The highest BCUT2D eigenvalue weighted by Gasteiger charge is 2.38. The van der Waals surface area contributed by atoms with Gasteiger partial charge in [0.1, 0.15) is 12.1 Å². The first-order valence-corrected chi connectivity index (χ1v) is 12.4. The van der Waals surface area contributed by atoms with E-state index in [1.54, 1.807) is 0 Å². The molecule has 7 heteroatoms. The Labute approximate surface area is 207 Å². The van der Waals surface area contributed by atoms with E-state index in [-0.39, 0.29) is 25.0 Å². The van der Waals surface area contributed by atoms with Gasteiger partial charge in [-0.25, -0.2) is 4.79 Å². The zero-order valence-corrected chi connectivity index (χ0v) is 21.0. The van der Waals surface area contributed by atoms with Gasteiger partial charge in [-0.3, -0.25) is 9.59 Å². The molecule has 0 aromatic heterocycles. The Morgan fingerprint density at radius 2 is 1.51 bits per heavy atom. The van der Waals surface area contributed by atoms with Crippen molar-refractivity contribution in [2.75, 3.05) is 13.2 Å². The number of hydrogen-bond donors (Lipinski definition) is 3. The molecular formula is C28H36N2O5. The maximum atomic E-state index is 13.1. The van der Waals surface area contributed by atoms with Gasteiger partial charge in [0.25, 0.3) is 0 Å². The molecule has 0 aliphatic heterocycles. The molecular weight excluding hydrogens is 444 g/mol. The van der Waals surface area contributed by atoms with Gasteiger partial charge in [-0.1, -0.05) is 76.2 Å². The maximum Gasteiger partial charge on any atom is 0.408 e. The van der Waals surface area contributed by atoms with Crippen LogP contribution in [0.5, 0.6) is 0 Å². The lowest BCUT2D eigenvalue weighted by Crippen LogP contribution is -2.59. The predicted molar refractivity (Wildman–Crippen MR) is 135 cm³/mol. The van der Waals surface area contributed by atoms with Crippen LogP contribution in [0.2, 0.25) is 0 Å². The molecule has 1 unspecified atom stereocenters. The van der Waals surface area contributed by atoms with Gasteiger partial charge in [0.15, 0.2) is 0 Å². The molecule has 1 atom stereocenters. The minimum Gasteiger partial charge on any atom is -0.481 e. The SMILES string of the molecule is CCC(CC)(NC(=O)OCC1c2ccccc2-c2ccccc21)C(=O)NCC(CC(C)C)C(=O)O. The van der Waals surface area contributed by atoms with E-state index in [4.69, 9.17) is 4.74 Å². The lowest BCUT2D eigenvalue weighted by molar-refractivity contribution is -0.142. The third-order valence-electron chi connectivity index (χ3n) is 6.94. The highest BCUT2D eigenvalue weighted by Crippen LogP contribution is 2.44. The minimum atomic E-state index is -1.18. The van der Waals surface area contributed by atoms with E-state index in [2.05, 4.69) is 22.8 Å². The Morgan fingerprint density at radius 3 is 2.00 bits per heavy atom. The van der Waals surface area contributed by atoms with Crippen LogP contribution in [0.4, 0.5) is 4.79 Å². The first-order valence-electron chi connectivity index (χ1n) is 12.4. The fourth-order valence-electron chi connectivity index (χ4n) is 4.86. The van der Waals surface area contributed by atoms with Gasteiger partial charge >= 0.3 is 12.1 Å². The van der Waals surface area contributed by atoms with Crippen molar-refractivity contribution in [1.82, 2.24) is 10.6 Å². The minimum absolute atomic E-state index is 0.0144. The van der Waals surface area contributed by atoms with Crippen molar-refractivity contribution in [2.24, 2.45) is 11.8 Å². The van der Waals surface area contributed by atoms with Gasteiger partial charge in [0.05, 0.1) is 5.92 Å². The lowest BCUT2D eigenvalue weighted by atomic mass is 9.91. The fraction of sp³-hybridized carbons (Fsp3) is 0.464. The molecule has 0 spiro atoms. The summed E-state index contributed by atoms with van der Waals surface area (Å²) in [5.74, 6) is -1.91. The van der Waals surface area contributed by atoms with Crippen molar-refractivity contribution >= 4 is 18.0 Å². The van der Waals surface area contributed by atoms with Crippen LogP contribution in [0.1, 0.15) is 64.0 Å². The first-order chi connectivity index (χ1) is 16.7. The molecule has 0 bridgehead atoms. The average molecular weight is 481 g/mol. The van der Waals surface area contributed by atoms with Crippen LogP contribution in [0.25, 0.3) is 11.1 Å². The van der Waals surface area contributed by atoms with E-state index in [0.29, 0.717) is 19.3 Å². The molecule has 2 aromatic rings. The van der Waals surface area contributed by atoms with Crippen LogP contribution in [0.15, 0.2) is 48.5 Å². The number of hydrogen-bond acceptors (Lipinski definition) is 4. The number of benzene rings is 2. The summed E-state index contributed by atoms with van der Waals surface area (Å²) in [5, 5.41) is 15.0. The van der Waals surface area contributed by atoms with Gasteiger partial charge in [-0.2, -0.15) is 0 Å². The number of carboxylic acid groups (broad SMARTS) is 1. The van der Waals surface area contributed by atoms with Crippen molar-refractivity contribution in [1.29, 1.82) is 0 Å². The molecule has 2 amide bonds. The van der Waals surface area contributed by atoms with Crippen molar-refractivity contribution in [2.45, 2.75) is 58.4 Å². The third kappa shape index (κ3) is 5.84. The van der Waals surface area contributed by atoms with Gasteiger partial charge in [0.2, 0.25) is 5.91 Å². The second-order valence-corrected chi connectivity index (χ2v) is 9.61. The molecule has 35 heavy (non-hydrogen) atoms. The lowest BCUT2D eigenvalue weighted by Gasteiger charge is -2.31. The topological polar surface area (TPSA) is 105 Å². The van der Waals surface area contributed by atoms with E-state index in [0.717, 1.165) is 22.3 Å². The number of amides is 2. The second-order valence-electron chi connectivity index (χ2n) is 9.61. The van der Waals surface area contributed by atoms with Crippen LogP contribution < -0.4 is 10.6 Å². The van der Waals surface area contributed by atoms with Gasteiger partial charge in [-0.15, -0.1) is 0 Å². The molecule has 188 valence electrons. The van der Waals surface area contributed by atoms with E-state index in [9.17, 15) is 19.5 Å². The average Bonchev–Trinajstić information content (AvgIpc) is 3.17. The Balaban J connectivity index is 1.66. The molecule has 0 fully saturated rings. The van der Waals surface area contributed by atoms with Gasteiger partial charge < -0.3 is 20.5 Å². The summed E-state index contributed by atoms with van der Waals surface area (Å²) in [5.41, 5.74) is 3.33. The number of carboxylic acids is 1. The predicted octanol–water partition coefficient (Wildman–Crippen LogP) is 4.95. The van der Waals surface area contributed by atoms with Crippen LogP contribution in [0, 0.1) is 11.8 Å². The van der Waals surface area contributed by atoms with Crippen LogP contribution in [-0.2, 0) is 14.3 Å². The molecule has 1 aliphatic rings. The van der Waals surface area contributed by atoms with E-state index in [1.165, 1.54) is 0 Å². The summed E-state index contributed by atoms with van der Waals surface area (Å²) in [4.78, 5) is 37.5. The smallest absolute Gasteiger partial charge is 0.408 e. The van der Waals surface area contributed by atoms with Crippen molar-refractivity contribution in [3.8, 4) is 11.1 Å². The number of ether oxygens (including phenoxy) is 1. The number of nitrogens with one attached hydrogen (secondary N) is 2. The van der Waals surface area contributed by atoms with E-state index < -0.39 is 29.4 Å². The summed E-state index contributed by atoms with van der Waals surface area (Å²) < 4.78 is 5.64.